The molecule has 102 valence electrons. The molecule has 2 nitrogen and oxygen atoms in total. The molecular formula is C15H19NOS2. The lowest BCUT2D eigenvalue weighted by atomic mass is 10.1. The third kappa shape index (κ3) is 3.75. The summed E-state index contributed by atoms with van der Waals surface area (Å²) in [5, 5.41) is 5.66. The van der Waals surface area contributed by atoms with Crippen LogP contribution in [0.4, 0.5) is 0 Å². The summed E-state index contributed by atoms with van der Waals surface area (Å²) in [4.78, 5) is 2.28. The molecule has 0 aliphatic heterocycles. The van der Waals surface area contributed by atoms with Crippen LogP contribution >= 0.6 is 11.3 Å². The Morgan fingerprint density at radius 3 is 2.47 bits per heavy atom. The Kier molecular flexibility index (Phi) is 4.91. The molecule has 1 aromatic heterocycles. The van der Waals surface area contributed by atoms with Gasteiger partial charge in [-0.2, -0.15) is 0 Å². The van der Waals surface area contributed by atoms with Gasteiger partial charge in [-0.25, -0.2) is 0 Å². The number of nitrogens with one attached hydrogen (secondary N) is 1. The molecule has 0 fully saturated rings. The lowest BCUT2D eigenvalue weighted by Gasteiger charge is -2.13. The third-order valence-electron chi connectivity index (χ3n) is 3.16. The van der Waals surface area contributed by atoms with Crippen molar-refractivity contribution in [1.29, 1.82) is 0 Å². The van der Waals surface area contributed by atoms with Crippen molar-refractivity contribution in [3.05, 3.63) is 51.7 Å². The molecule has 2 atom stereocenters. The molecule has 0 saturated heterocycles. The minimum atomic E-state index is -0.896. The van der Waals surface area contributed by atoms with Crippen molar-refractivity contribution < 1.29 is 4.21 Å². The highest BCUT2D eigenvalue weighted by molar-refractivity contribution is 7.84. The maximum atomic E-state index is 11.3. The van der Waals surface area contributed by atoms with E-state index >= 15 is 0 Å². The quantitative estimate of drug-likeness (QED) is 0.912. The van der Waals surface area contributed by atoms with Crippen LogP contribution in [0.2, 0.25) is 0 Å². The van der Waals surface area contributed by atoms with E-state index in [0.29, 0.717) is 6.04 Å². The highest BCUT2D eigenvalue weighted by atomic mass is 32.2. The predicted molar refractivity (Wildman–Crippen MR) is 83.1 cm³/mol. The zero-order valence-corrected chi connectivity index (χ0v) is 13.1. The minimum absolute atomic E-state index is 0.361. The Bertz CT molecular complexity index is 560. The summed E-state index contributed by atoms with van der Waals surface area (Å²) in [5.41, 5.74) is 2.57. The molecule has 1 aromatic carbocycles. The molecule has 0 aliphatic rings. The van der Waals surface area contributed by atoms with E-state index in [0.717, 1.165) is 11.4 Å². The Hall–Kier alpha value is -0.970. The summed E-state index contributed by atoms with van der Waals surface area (Å²) in [6.45, 7) is 5.17. The van der Waals surface area contributed by atoms with Crippen LogP contribution in [0.1, 0.15) is 29.0 Å². The lowest BCUT2D eigenvalue weighted by molar-refractivity contribution is 0.580. The third-order valence-corrected chi connectivity index (χ3v) is 5.30. The molecule has 2 rings (SSSR count). The zero-order chi connectivity index (χ0) is 13.8. The highest BCUT2D eigenvalue weighted by Gasteiger charge is 2.09. The van der Waals surface area contributed by atoms with Crippen molar-refractivity contribution in [2.45, 2.75) is 31.3 Å². The molecule has 0 bridgehead atoms. The second kappa shape index (κ2) is 6.46. The summed E-state index contributed by atoms with van der Waals surface area (Å²) < 4.78 is 11.3. The molecule has 0 unspecified atom stereocenters. The van der Waals surface area contributed by atoms with Gasteiger partial charge in [-0.05, 0) is 48.6 Å². The van der Waals surface area contributed by atoms with Crippen molar-refractivity contribution in [2.24, 2.45) is 0 Å². The normalized spacial score (nSPS) is 14.3. The van der Waals surface area contributed by atoms with E-state index in [9.17, 15) is 4.21 Å². The van der Waals surface area contributed by atoms with E-state index in [1.165, 1.54) is 16.0 Å². The number of hydrogen-bond acceptors (Lipinski definition) is 3. The van der Waals surface area contributed by atoms with Gasteiger partial charge in [0.2, 0.25) is 0 Å². The predicted octanol–water partition coefficient (Wildman–Crippen LogP) is 3.64. The van der Waals surface area contributed by atoms with Crippen molar-refractivity contribution in [1.82, 2.24) is 5.32 Å². The SMILES string of the molecule is Cc1ccsc1[C@H](C)NCc1ccc([S@@](C)=O)cc1. The van der Waals surface area contributed by atoms with Gasteiger partial charge < -0.3 is 5.32 Å². The molecule has 0 saturated carbocycles. The smallest absolute Gasteiger partial charge is 0.0498 e. The molecule has 0 radical (unpaired) electrons. The first-order valence-corrected chi connectivity index (χ1v) is 8.71. The van der Waals surface area contributed by atoms with E-state index in [2.05, 4.69) is 30.6 Å². The van der Waals surface area contributed by atoms with Crippen LogP contribution in [0.15, 0.2) is 40.6 Å². The van der Waals surface area contributed by atoms with Gasteiger partial charge >= 0.3 is 0 Å². The first kappa shape index (κ1) is 14.4. The van der Waals surface area contributed by atoms with E-state index in [4.69, 9.17) is 0 Å². The van der Waals surface area contributed by atoms with E-state index in [-0.39, 0.29) is 0 Å². The van der Waals surface area contributed by atoms with Crippen LogP contribution in [0.5, 0.6) is 0 Å². The zero-order valence-electron chi connectivity index (χ0n) is 11.5. The standard InChI is InChI=1S/C15H19NOS2/c1-11-8-9-18-15(11)12(2)16-10-13-4-6-14(7-5-13)19(3)17/h4-9,12,16H,10H2,1-3H3/t12-,19+/m0/s1. The Morgan fingerprint density at radius 1 is 1.26 bits per heavy atom. The number of rotatable bonds is 5. The fourth-order valence-corrected chi connectivity index (χ4v) is 3.47. The topological polar surface area (TPSA) is 29.1 Å². The van der Waals surface area contributed by atoms with Crippen LogP contribution < -0.4 is 5.32 Å². The van der Waals surface area contributed by atoms with E-state index in [1.54, 1.807) is 17.6 Å². The van der Waals surface area contributed by atoms with E-state index < -0.39 is 10.8 Å². The van der Waals surface area contributed by atoms with Crippen molar-refractivity contribution >= 4 is 22.1 Å². The Labute approximate surface area is 121 Å². The Morgan fingerprint density at radius 2 is 1.95 bits per heavy atom. The molecule has 19 heavy (non-hydrogen) atoms. The van der Waals surface area contributed by atoms with Crippen LogP contribution in [0, 0.1) is 6.92 Å². The molecule has 2 aromatic rings. The second-order valence-corrected chi connectivity index (χ2v) is 7.00. The summed E-state index contributed by atoms with van der Waals surface area (Å²) in [5.74, 6) is 0. The fourth-order valence-electron chi connectivity index (χ4n) is 1.99. The summed E-state index contributed by atoms with van der Waals surface area (Å²) in [7, 11) is -0.896. The van der Waals surface area contributed by atoms with Gasteiger partial charge in [0, 0.05) is 39.4 Å². The van der Waals surface area contributed by atoms with Crippen LogP contribution in [0.25, 0.3) is 0 Å². The molecular weight excluding hydrogens is 274 g/mol. The van der Waals surface area contributed by atoms with Crippen LogP contribution in [-0.2, 0) is 17.3 Å². The monoisotopic (exact) mass is 293 g/mol. The van der Waals surface area contributed by atoms with E-state index in [1.807, 2.05) is 24.3 Å². The number of thiophene rings is 1. The lowest BCUT2D eigenvalue weighted by Crippen LogP contribution is -2.17. The molecule has 4 heteroatoms. The number of hydrogen-bond donors (Lipinski definition) is 1. The van der Waals surface area contributed by atoms with Gasteiger partial charge in [-0.3, -0.25) is 4.21 Å². The Balaban J connectivity index is 1.95. The van der Waals surface area contributed by atoms with Crippen LogP contribution in [-0.4, -0.2) is 10.5 Å². The molecule has 1 N–H and O–H groups in total. The highest BCUT2D eigenvalue weighted by Crippen LogP contribution is 2.23. The maximum Gasteiger partial charge on any atom is 0.0498 e. The van der Waals surface area contributed by atoms with Gasteiger partial charge in [0.15, 0.2) is 0 Å². The minimum Gasteiger partial charge on any atom is -0.305 e. The van der Waals surface area contributed by atoms with Crippen molar-refractivity contribution in [3.63, 3.8) is 0 Å². The molecule has 0 amide bonds. The van der Waals surface area contributed by atoms with Gasteiger partial charge in [-0.1, -0.05) is 12.1 Å². The summed E-state index contributed by atoms with van der Waals surface area (Å²) in [6.07, 6.45) is 1.70. The molecule has 0 spiro atoms. The first-order valence-electron chi connectivity index (χ1n) is 6.27. The largest absolute Gasteiger partial charge is 0.305 e. The van der Waals surface area contributed by atoms with Gasteiger partial charge in [-0.15, -0.1) is 11.3 Å². The van der Waals surface area contributed by atoms with Gasteiger partial charge in [0.1, 0.15) is 0 Å². The fraction of sp³-hybridized carbons (Fsp3) is 0.333. The van der Waals surface area contributed by atoms with Crippen molar-refractivity contribution in [3.8, 4) is 0 Å². The second-order valence-electron chi connectivity index (χ2n) is 4.67. The van der Waals surface area contributed by atoms with Gasteiger partial charge in [0.05, 0.1) is 0 Å². The number of benzene rings is 1. The summed E-state index contributed by atoms with van der Waals surface area (Å²) in [6, 6.07) is 10.5. The maximum absolute atomic E-state index is 11.3. The average Bonchev–Trinajstić information content (AvgIpc) is 2.83. The van der Waals surface area contributed by atoms with Crippen molar-refractivity contribution in [2.75, 3.05) is 6.26 Å². The van der Waals surface area contributed by atoms with Crippen LogP contribution in [0.3, 0.4) is 0 Å². The van der Waals surface area contributed by atoms with Gasteiger partial charge in [0.25, 0.3) is 0 Å². The summed E-state index contributed by atoms with van der Waals surface area (Å²) >= 11 is 1.80. The average molecular weight is 293 g/mol. The molecule has 1 heterocycles. The first-order chi connectivity index (χ1) is 9.08. The molecule has 0 aliphatic carbocycles. The number of aryl methyl sites for hydroxylation is 1.